The first kappa shape index (κ1) is 22.3. The van der Waals surface area contributed by atoms with Gasteiger partial charge in [0.2, 0.25) is 0 Å². The van der Waals surface area contributed by atoms with Crippen LogP contribution in [0.4, 0.5) is 5.69 Å². The van der Waals surface area contributed by atoms with Gasteiger partial charge in [-0.1, -0.05) is 40.9 Å². The molecule has 0 radical (unpaired) electrons. The summed E-state index contributed by atoms with van der Waals surface area (Å²) in [6.07, 6.45) is 1.71. The Morgan fingerprint density at radius 3 is 2.33 bits per heavy atom. The third-order valence-electron chi connectivity index (χ3n) is 4.15. The lowest BCUT2D eigenvalue weighted by molar-refractivity contribution is 0.285. The van der Waals surface area contributed by atoms with Gasteiger partial charge >= 0.3 is 0 Å². The van der Waals surface area contributed by atoms with Crippen LogP contribution >= 0.6 is 34.8 Å². The minimum absolute atomic E-state index is 0.228. The summed E-state index contributed by atoms with van der Waals surface area (Å²) in [5, 5.41) is 1.50. The fourth-order valence-corrected chi connectivity index (χ4v) is 3.42. The zero-order chi connectivity index (χ0) is 21.5. The third kappa shape index (κ3) is 5.82. The molecular weight excluding hydrogens is 445 g/mol. The molecule has 0 fully saturated rings. The Hall–Kier alpha value is -2.40. The Bertz CT molecular complexity index is 1040. The molecule has 0 aromatic heterocycles. The summed E-state index contributed by atoms with van der Waals surface area (Å²) in [6.45, 7) is 2.80. The summed E-state index contributed by atoms with van der Waals surface area (Å²) in [5.41, 5.74) is 2.37. The smallest absolute Gasteiger partial charge is 0.180 e. The first-order valence-corrected chi connectivity index (χ1v) is 10.3. The number of hydrogen-bond acceptors (Lipinski definition) is 4. The molecule has 0 amide bonds. The van der Waals surface area contributed by atoms with Gasteiger partial charge in [-0.3, -0.25) is 4.99 Å². The number of ether oxygens (including phenoxy) is 3. The van der Waals surface area contributed by atoms with Crippen LogP contribution < -0.4 is 14.2 Å². The van der Waals surface area contributed by atoms with E-state index in [2.05, 4.69) is 4.99 Å². The number of nitrogens with zero attached hydrogens (tertiary/aromatic N) is 1. The van der Waals surface area contributed by atoms with Crippen LogP contribution in [0.5, 0.6) is 17.2 Å². The van der Waals surface area contributed by atoms with Crippen molar-refractivity contribution < 1.29 is 14.2 Å². The lowest BCUT2D eigenvalue weighted by atomic mass is 10.2. The molecule has 0 N–H and O–H groups in total. The summed E-state index contributed by atoms with van der Waals surface area (Å²) in [7, 11) is 1.56. The highest BCUT2D eigenvalue weighted by atomic mass is 35.5. The summed E-state index contributed by atoms with van der Waals surface area (Å²) < 4.78 is 16.8. The summed E-state index contributed by atoms with van der Waals surface area (Å²) in [4.78, 5) is 4.47. The van der Waals surface area contributed by atoms with Gasteiger partial charge in [0.25, 0.3) is 0 Å². The molecule has 0 aliphatic rings. The minimum Gasteiger partial charge on any atom is -0.494 e. The van der Waals surface area contributed by atoms with Gasteiger partial charge < -0.3 is 14.2 Å². The quantitative estimate of drug-likeness (QED) is 0.326. The zero-order valence-electron chi connectivity index (χ0n) is 16.5. The third-order valence-corrected chi connectivity index (χ3v) is 5.02. The van der Waals surface area contributed by atoms with Crippen LogP contribution in [-0.4, -0.2) is 19.9 Å². The van der Waals surface area contributed by atoms with Crippen molar-refractivity contribution in [3.63, 3.8) is 0 Å². The molecule has 30 heavy (non-hydrogen) atoms. The number of rotatable bonds is 8. The van der Waals surface area contributed by atoms with Crippen LogP contribution in [0.15, 0.2) is 59.6 Å². The van der Waals surface area contributed by atoms with Gasteiger partial charge in [0, 0.05) is 21.8 Å². The van der Waals surface area contributed by atoms with Gasteiger partial charge in [-0.15, -0.1) is 0 Å². The molecule has 0 spiro atoms. The Labute approximate surface area is 191 Å². The minimum atomic E-state index is 0.228. The van der Waals surface area contributed by atoms with Gasteiger partial charge in [-0.2, -0.15) is 0 Å². The molecule has 3 aromatic rings. The number of hydrogen-bond donors (Lipinski definition) is 0. The molecular formula is C23H20Cl3NO3. The fourth-order valence-electron chi connectivity index (χ4n) is 2.69. The average molecular weight is 465 g/mol. The predicted octanol–water partition coefficient (Wildman–Crippen LogP) is 7.38. The summed E-state index contributed by atoms with van der Waals surface area (Å²) >= 11 is 18.6. The normalized spacial score (nSPS) is 11.0. The van der Waals surface area contributed by atoms with Crippen molar-refractivity contribution in [2.45, 2.75) is 13.5 Å². The highest BCUT2D eigenvalue weighted by Crippen LogP contribution is 2.37. The first-order valence-electron chi connectivity index (χ1n) is 9.21. The summed E-state index contributed by atoms with van der Waals surface area (Å²) in [5.74, 6) is 1.74. The van der Waals surface area contributed by atoms with Crippen LogP contribution in [0.25, 0.3) is 0 Å². The van der Waals surface area contributed by atoms with E-state index in [1.165, 1.54) is 0 Å². The Balaban J connectivity index is 1.76. The molecule has 0 aliphatic heterocycles. The lowest BCUT2D eigenvalue weighted by Crippen LogP contribution is -2.00. The molecule has 156 valence electrons. The van der Waals surface area contributed by atoms with E-state index < -0.39 is 0 Å². The van der Waals surface area contributed by atoms with Crippen molar-refractivity contribution in [1.29, 1.82) is 0 Å². The molecule has 3 rings (SSSR count). The fraction of sp³-hybridized carbons (Fsp3) is 0.174. The van der Waals surface area contributed by atoms with E-state index in [0.29, 0.717) is 33.2 Å². The molecule has 0 saturated carbocycles. The lowest BCUT2D eigenvalue weighted by Gasteiger charge is -2.14. The molecule has 0 atom stereocenters. The standard InChI is InChI=1S/C23H20Cl3NO3/c1-3-29-19-8-6-18(7-9-19)27-13-15-10-21(26)23(22(11-15)28-2)30-14-16-4-5-17(24)12-20(16)25/h4-13H,3,14H2,1-2H3. The van der Waals surface area contributed by atoms with Crippen molar-refractivity contribution >= 4 is 46.7 Å². The van der Waals surface area contributed by atoms with Gasteiger partial charge in [-0.25, -0.2) is 0 Å². The van der Waals surface area contributed by atoms with E-state index in [9.17, 15) is 0 Å². The topological polar surface area (TPSA) is 40.0 Å². The van der Waals surface area contributed by atoms with E-state index in [0.717, 1.165) is 22.6 Å². The van der Waals surface area contributed by atoms with Crippen LogP contribution in [0.3, 0.4) is 0 Å². The maximum absolute atomic E-state index is 6.44. The molecule has 0 unspecified atom stereocenters. The number of aliphatic imine (C=N–C) groups is 1. The Morgan fingerprint density at radius 2 is 1.67 bits per heavy atom. The maximum Gasteiger partial charge on any atom is 0.180 e. The van der Waals surface area contributed by atoms with Gasteiger partial charge in [-0.05, 0) is 61.0 Å². The van der Waals surface area contributed by atoms with Crippen molar-refractivity contribution in [2.75, 3.05) is 13.7 Å². The van der Waals surface area contributed by atoms with Gasteiger partial charge in [0.05, 0.1) is 24.4 Å². The predicted molar refractivity (Wildman–Crippen MR) is 124 cm³/mol. The second-order valence-corrected chi connectivity index (χ2v) is 7.49. The van der Waals surface area contributed by atoms with E-state index in [4.69, 9.17) is 49.0 Å². The van der Waals surface area contributed by atoms with Crippen molar-refractivity contribution in [2.24, 2.45) is 4.99 Å². The zero-order valence-corrected chi connectivity index (χ0v) is 18.8. The molecule has 4 nitrogen and oxygen atoms in total. The van der Waals surface area contributed by atoms with E-state index >= 15 is 0 Å². The van der Waals surface area contributed by atoms with Crippen LogP contribution in [0.1, 0.15) is 18.1 Å². The van der Waals surface area contributed by atoms with Gasteiger partial charge in [0.1, 0.15) is 12.4 Å². The van der Waals surface area contributed by atoms with Crippen LogP contribution in [0, 0.1) is 0 Å². The van der Waals surface area contributed by atoms with Crippen LogP contribution in [-0.2, 0) is 6.61 Å². The average Bonchev–Trinajstić information content (AvgIpc) is 2.73. The molecule has 0 bridgehead atoms. The molecule has 3 aromatic carbocycles. The van der Waals surface area contributed by atoms with E-state index in [1.54, 1.807) is 31.5 Å². The Kier molecular flexibility index (Phi) is 7.86. The van der Waals surface area contributed by atoms with Crippen molar-refractivity contribution in [3.8, 4) is 17.2 Å². The van der Waals surface area contributed by atoms with E-state index in [1.807, 2.05) is 43.3 Å². The first-order chi connectivity index (χ1) is 14.5. The van der Waals surface area contributed by atoms with Crippen LogP contribution in [0.2, 0.25) is 15.1 Å². The monoisotopic (exact) mass is 463 g/mol. The van der Waals surface area contributed by atoms with Gasteiger partial charge in [0.15, 0.2) is 11.5 Å². The largest absolute Gasteiger partial charge is 0.494 e. The SMILES string of the molecule is CCOc1ccc(N=Cc2cc(Cl)c(OCc3ccc(Cl)cc3Cl)c(OC)c2)cc1. The number of halogens is 3. The number of benzene rings is 3. The molecule has 7 heteroatoms. The number of methoxy groups -OCH3 is 1. The molecule has 0 heterocycles. The Morgan fingerprint density at radius 1 is 0.900 bits per heavy atom. The second kappa shape index (κ2) is 10.6. The van der Waals surface area contributed by atoms with Crippen molar-refractivity contribution in [1.82, 2.24) is 0 Å². The molecule has 0 aliphatic carbocycles. The highest BCUT2D eigenvalue weighted by Gasteiger charge is 2.13. The van der Waals surface area contributed by atoms with E-state index in [-0.39, 0.29) is 6.61 Å². The van der Waals surface area contributed by atoms with Crippen molar-refractivity contribution in [3.05, 3.63) is 80.8 Å². The molecule has 0 saturated heterocycles. The maximum atomic E-state index is 6.44. The second-order valence-electron chi connectivity index (χ2n) is 6.24. The highest BCUT2D eigenvalue weighted by molar-refractivity contribution is 6.35. The summed E-state index contributed by atoms with van der Waals surface area (Å²) in [6, 6.07) is 16.3.